The highest BCUT2D eigenvalue weighted by Crippen LogP contribution is 2.49. The third kappa shape index (κ3) is 5.48. The molecular formula is C70H44N6. The summed E-state index contributed by atoms with van der Waals surface area (Å²) in [6.45, 7) is 0. The summed E-state index contributed by atoms with van der Waals surface area (Å²) in [5, 5.41) is 7.83. The maximum absolute atomic E-state index is 3.52. The number of nitrogens with one attached hydrogen (secondary N) is 1. The number of hydrogen-bond donors (Lipinski definition) is 1. The van der Waals surface area contributed by atoms with Crippen molar-refractivity contribution in [2.45, 2.75) is 0 Å². The molecule has 0 amide bonds. The molecule has 0 unspecified atom stereocenters. The van der Waals surface area contributed by atoms with Crippen LogP contribution in [0.2, 0.25) is 0 Å². The highest BCUT2D eigenvalue weighted by atomic mass is 15.2. The van der Waals surface area contributed by atoms with E-state index < -0.39 is 0 Å². The first kappa shape index (κ1) is 41.2. The highest BCUT2D eigenvalue weighted by molar-refractivity contribution is 6.23. The van der Waals surface area contributed by atoms with Crippen molar-refractivity contribution in [2.75, 3.05) is 0 Å². The van der Waals surface area contributed by atoms with Crippen molar-refractivity contribution in [3.63, 3.8) is 0 Å². The number of rotatable bonds is 0. The lowest BCUT2D eigenvalue weighted by Gasteiger charge is -2.11. The number of nitrogens with zero attached hydrogens (tertiary/aromatic N) is 5. The number of benzene rings is 10. The maximum atomic E-state index is 3.52. The molecule has 6 heteroatoms. The van der Waals surface area contributed by atoms with Gasteiger partial charge in [-0.05, 0) is 71.8 Å². The minimum absolute atomic E-state index is 1.21. The zero-order chi connectivity index (χ0) is 49.6. The fourth-order valence-corrected chi connectivity index (χ4v) is 13.3. The van der Waals surface area contributed by atoms with E-state index >= 15 is 0 Å². The Morgan fingerprint density at radius 2 is 0.605 bits per heavy atom. The van der Waals surface area contributed by atoms with Gasteiger partial charge in [0, 0.05) is 78.1 Å². The Morgan fingerprint density at radius 3 is 1.14 bits per heavy atom. The Balaban J connectivity index is 0.0000000932. The van der Waals surface area contributed by atoms with Crippen molar-refractivity contribution in [1.29, 1.82) is 0 Å². The molecule has 0 saturated carbocycles. The number of hydrogen-bond acceptors (Lipinski definition) is 0. The second-order valence-corrected chi connectivity index (χ2v) is 20.1. The lowest BCUT2D eigenvalue weighted by Crippen LogP contribution is -1.98. The normalized spacial score (nSPS) is 12.2. The quantitative estimate of drug-likeness (QED) is 0.157. The molecule has 76 heavy (non-hydrogen) atoms. The van der Waals surface area contributed by atoms with Gasteiger partial charge < -0.3 is 14.1 Å². The van der Waals surface area contributed by atoms with E-state index in [0.717, 1.165) is 0 Å². The number of H-pyrrole nitrogens is 1. The summed E-state index contributed by atoms with van der Waals surface area (Å²) in [7, 11) is 0. The average molecular weight is 969 g/mol. The predicted molar refractivity (Wildman–Crippen MR) is 315 cm³/mol. The third-order valence-corrected chi connectivity index (χ3v) is 16.3. The summed E-state index contributed by atoms with van der Waals surface area (Å²) in [6.07, 6.45) is 4.34. The van der Waals surface area contributed by atoms with Crippen molar-refractivity contribution >= 4 is 76.7 Å². The first-order valence-corrected chi connectivity index (χ1v) is 26.1. The van der Waals surface area contributed by atoms with Gasteiger partial charge in [0.2, 0.25) is 0 Å². The molecule has 9 heterocycles. The Hall–Kier alpha value is -10.3. The topological polar surface area (TPSA) is 40.4 Å². The van der Waals surface area contributed by atoms with Gasteiger partial charge >= 0.3 is 0 Å². The van der Waals surface area contributed by atoms with Gasteiger partial charge in [-0.3, -0.25) is 13.7 Å². The molecule has 0 atom stereocenters. The van der Waals surface area contributed by atoms with Crippen LogP contribution in [0, 0.1) is 0 Å². The molecule has 6 nitrogen and oxygen atoms in total. The average Bonchev–Trinajstić information content (AvgIpc) is 4.52. The van der Waals surface area contributed by atoms with Crippen molar-refractivity contribution in [1.82, 2.24) is 27.8 Å². The second kappa shape index (κ2) is 15.6. The lowest BCUT2D eigenvalue weighted by molar-refractivity contribution is 1.06. The van der Waals surface area contributed by atoms with E-state index in [1.165, 1.54) is 150 Å². The number of aromatic amines is 1. The summed E-state index contributed by atoms with van der Waals surface area (Å²) < 4.78 is 12.0. The van der Waals surface area contributed by atoms with Crippen LogP contribution >= 0.6 is 0 Å². The summed E-state index contributed by atoms with van der Waals surface area (Å²) in [5.41, 5.74) is 26.4. The van der Waals surface area contributed by atoms with Crippen molar-refractivity contribution in [3.8, 4) is 72.9 Å². The molecular weight excluding hydrogens is 925 g/mol. The van der Waals surface area contributed by atoms with Gasteiger partial charge in [0.1, 0.15) is 11.3 Å². The molecule has 1 N–H and O–H groups in total. The minimum Gasteiger partial charge on any atom is -0.359 e. The van der Waals surface area contributed by atoms with Crippen molar-refractivity contribution in [3.05, 3.63) is 261 Å². The van der Waals surface area contributed by atoms with Crippen LogP contribution in [0.3, 0.4) is 0 Å². The molecule has 0 fully saturated rings. The van der Waals surface area contributed by atoms with Gasteiger partial charge in [0.05, 0.1) is 61.5 Å². The first-order valence-electron chi connectivity index (χ1n) is 26.1. The van der Waals surface area contributed by atoms with Crippen LogP contribution in [-0.2, 0) is 0 Å². The molecule has 6 aromatic heterocycles. The smallest absolute Gasteiger partial charge is 0.131 e. The molecule has 0 saturated heterocycles. The molecule has 0 radical (unpaired) electrons. The molecule has 10 aromatic carbocycles. The van der Waals surface area contributed by atoms with Gasteiger partial charge in [-0.25, -0.2) is 0 Å². The Labute approximate surface area is 436 Å². The third-order valence-electron chi connectivity index (χ3n) is 16.3. The lowest BCUT2D eigenvalue weighted by atomic mass is 9.96. The number of para-hydroxylation sites is 9. The molecule has 19 rings (SSSR count). The van der Waals surface area contributed by atoms with Crippen LogP contribution in [0.25, 0.3) is 150 Å². The highest BCUT2D eigenvalue weighted by Gasteiger charge is 2.29. The van der Waals surface area contributed by atoms with Gasteiger partial charge in [-0.1, -0.05) is 188 Å². The monoisotopic (exact) mass is 968 g/mol. The molecule has 354 valence electrons. The second-order valence-electron chi connectivity index (χ2n) is 20.1. The Bertz CT molecular complexity index is 4760. The summed E-state index contributed by atoms with van der Waals surface area (Å²) in [6, 6.07) is 89.3. The summed E-state index contributed by atoms with van der Waals surface area (Å²) in [5.74, 6) is 0. The first-order chi connectivity index (χ1) is 37.8. The molecule has 0 aliphatic carbocycles. The predicted octanol–water partition coefficient (Wildman–Crippen LogP) is 18.0. The van der Waals surface area contributed by atoms with Gasteiger partial charge in [-0.2, -0.15) is 0 Å². The fraction of sp³-hybridized carbons (Fsp3) is 0. The van der Waals surface area contributed by atoms with Gasteiger partial charge in [-0.15, -0.1) is 0 Å². The molecule has 0 spiro atoms. The van der Waals surface area contributed by atoms with E-state index in [4.69, 9.17) is 0 Å². The largest absolute Gasteiger partial charge is 0.359 e. The molecule has 16 aromatic rings. The van der Waals surface area contributed by atoms with Gasteiger partial charge in [0.25, 0.3) is 0 Å². The van der Waals surface area contributed by atoms with Gasteiger partial charge in [0.15, 0.2) is 0 Å². The van der Waals surface area contributed by atoms with E-state index in [1.54, 1.807) is 0 Å². The maximum Gasteiger partial charge on any atom is 0.131 e. The number of fused-ring (bicyclic) bond motifs is 27. The SMILES string of the molecule is c1ccc2c(c1)-c1ccccc1-n1c3ccccc3c3[nH]cc-2c31.c1ccc2c(c1)-c1ccccc1-n1c3ccccc3c3c4ccccc4n-2c31.c1ccc2c(c1)-c1ccccc1-n1c3ccccc3c3ccn-2c31. The van der Waals surface area contributed by atoms with Crippen LogP contribution in [0.1, 0.15) is 0 Å². The van der Waals surface area contributed by atoms with Crippen LogP contribution in [0.4, 0.5) is 0 Å². The standard InChI is InChI=1S/C26H16N2.2C22H14N2/c1-5-13-21-17(9-1)18-10-2-6-14-22(18)28-24-16-8-4-12-20(24)25-19-11-3-7-15-23(19)27(21)26(25)28;1-4-10-19-15(7-1)16-8-2-5-11-20(16)24-21-12-6-3-9-17(21)18-13-14-23(19)22(18)24;1-2-8-15-14(7-1)16-9-3-5-11-19(16)24-20-12-6-4-10-17(20)21-22(24)18(15)13-23-21/h1-16H;1-14H;1-13,23H. The zero-order valence-corrected chi connectivity index (χ0v) is 41.1. The van der Waals surface area contributed by atoms with E-state index in [0.29, 0.717) is 0 Å². The van der Waals surface area contributed by atoms with Crippen LogP contribution in [0.15, 0.2) is 261 Å². The van der Waals surface area contributed by atoms with Crippen LogP contribution in [-0.4, -0.2) is 27.8 Å². The van der Waals surface area contributed by atoms with E-state index in [9.17, 15) is 0 Å². The summed E-state index contributed by atoms with van der Waals surface area (Å²) in [4.78, 5) is 3.52. The van der Waals surface area contributed by atoms with E-state index in [2.05, 4.69) is 289 Å². The van der Waals surface area contributed by atoms with Crippen molar-refractivity contribution < 1.29 is 0 Å². The Morgan fingerprint density at radius 1 is 0.250 bits per heavy atom. The molecule has 3 aliphatic heterocycles. The molecule has 0 bridgehead atoms. The minimum atomic E-state index is 1.21. The van der Waals surface area contributed by atoms with E-state index in [-0.39, 0.29) is 0 Å². The Kier molecular flexibility index (Phi) is 8.46. The van der Waals surface area contributed by atoms with E-state index in [1.807, 2.05) is 0 Å². The van der Waals surface area contributed by atoms with Crippen LogP contribution < -0.4 is 0 Å². The summed E-state index contributed by atoms with van der Waals surface area (Å²) >= 11 is 0. The van der Waals surface area contributed by atoms with Crippen molar-refractivity contribution in [2.24, 2.45) is 0 Å². The zero-order valence-electron chi connectivity index (χ0n) is 41.1. The fourth-order valence-electron chi connectivity index (χ4n) is 13.3. The number of aromatic nitrogens is 6. The molecule has 3 aliphatic rings. The van der Waals surface area contributed by atoms with Crippen LogP contribution in [0.5, 0.6) is 0 Å².